The molecule has 0 aliphatic heterocycles. The maximum absolute atomic E-state index is 11.5. The lowest BCUT2D eigenvalue weighted by atomic mass is 9.82. The highest BCUT2D eigenvalue weighted by Crippen LogP contribution is 2.52. The predicted molar refractivity (Wildman–Crippen MR) is 310 cm³/mol. The van der Waals surface area contributed by atoms with E-state index >= 15 is 0 Å². The number of fused-ring (bicyclic) bond motifs is 14. The number of nitriles is 1. The Hall–Kier alpha value is -10.1. The van der Waals surface area contributed by atoms with Gasteiger partial charge in [0.1, 0.15) is 6.07 Å². The highest BCUT2D eigenvalue weighted by Gasteiger charge is 2.36. The molecule has 0 N–H and O–H groups in total. The van der Waals surface area contributed by atoms with Crippen molar-refractivity contribution in [2.24, 2.45) is 0 Å². The Bertz CT molecular complexity index is 4730. The van der Waals surface area contributed by atoms with Crippen LogP contribution in [-0.4, -0.2) is 13.7 Å². The van der Waals surface area contributed by atoms with Crippen LogP contribution in [0.4, 0.5) is 22.7 Å². The van der Waals surface area contributed by atoms with Gasteiger partial charge >= 0.3 is 0 Å². The van der Waals surface area contributed by atoms with Crippen molar-refractivity contribution in [2.45, 2.75) is 19.3 Å². The highest BCUT2D eigenvalue weighted by molar-refractivity contribution is 6.22. The fourth-order valence-corrected chi connectivity index (χ4v) is 12.7. The lowest BCUT2D eigenvalue weighted by molar-refractivity contribution is 0.661. The Morgan fingerprint density at radius 3 is 1.73 bits per heavy atom. The second kappa shape index (κ2) is 15.9. The molecule has 0 spiro atoms. The van der Waals surface area contributed by atoms with E-state index in [0.717, 1.165) is 88.2 Å². The van der Waals surface area contributed by atoms with Crippen LogP contribution in [0.1, 0.15) is 30.5 Å². The van der Waals surface area contributed by atoms with Crippen LogP contribution in [0.5, 0.6) is 0 Å². The first-order valence-electron chi connectivity index (χ1n) is 25.4. The van der Waals surface area contributed by atoms with Crippen LogP contribution in [0.15, 0.2) is 231 Å². The van der Waals surface area contributed by atoms with Crippen LogP contribution in [0.25, 0.3) is 109 Å². The molecule has 11 aromatic carbocycles. The lowest BCUT2D eigenvalue weighted by Crippen LogP contribution is -2.15. The lowest BCUT2D eigenvalue weighted by Gasteiger charge is -2.25. The summed E-state index contributed by atoms with van der Waals surface area (Å²) >= 11 is 0. The van der Waals surface area contributed by atoms with Gasteiger partial charge in [-0.15, -0.1) is 0 Å². The van der Waals surface area contributed by atoms with Crippen molar-refractivity contribution in [3.8, 4) is 34.3 Å². The first-order chi connectivity index (χ1) is 36.9. The van der Waals surface area contributed by atoms with Crippen molar-refractivity contribution in [2.75, 3.05) is 4.90 Å². The molecule has 0 saturated heterocycles. The highest BCUT2D eigenvalue weighted by atomic mass is 15.1. The minimum Gasteiger partial charge on any atom is -0.319 e. The van der Waals surface area contributed by atoms with E-state index in [1.807, 2.05) is 24.3 Å². The Morgan fingerprint density at radius 1 is 0.427 bits per heavy atom. The maximum atomic E-state index is 11.5. The van der Waals surface area contributed by atoms with Crippen LogP contribution in [0.3, 0.4) is 0 Å². The van der Waals surface area contributed by atoms with E-state index in [1.54, 1.807) is 0 Å². The number of benzene rings is 11. The van der Waals surface area contributed by atoms with Gasteiger partial charge < -0.3 is 18.6 Å². The van der Waals surface area contributed by atoms with Gasteiger partial charge in [-0.2, -0.15) is 5.26 Å². The number of hydrogen-bond donors (Lipinski definition) is 0. The number of anilines is 3. The minimum absolute atomic E-state index is 0.268. The first-order valence-corrected chi connectivity index (χ1v) is 25.4. The summed E-state index contributed by atoms with van der Waals surface area (Å²) in [6.45, 7) is 13.6. The predicted octanol–water partition coefficient (Wildman–Crippen LogP) is 18.3. The van der Waals surface area contributed by atoms with Gasteiger partial charge in [-0.1, -0.05) is 141 Å². The third-order valence-electron chi connectivity index (χ3n) is 16.0. The van der Waals surface area contributed by atoms with Crippen LogP contribution >= 0.6 is 0 Å². The first kappa shape index (κ1) is 42.5. The van der Waals surface area contributed by atoms with E-state index < -0.39 is 0 Å². The summed E-state index contributed by atoms with van der Waals surface area (Å²) in [5, 5.41) is 20.4. The molecular weight excluding hydrogens is 913 g/mol. The van der Waals surface area contributed by atoms with Gasteiger partial charge in [0.15, 0.2) is 0 Å². The van der Waals surface area contributed by atoms with Crippen molar-refractivity contribution in [1.82, 2.24) is 13.7 Å². The summed E-state index contributed by atoms with van der Waals surface area (Å²) in [6.07, 6.45) is 0. The van der Waals surface area contributed by atoms with Crippen molar-refractivity contribution in [1.29, 1.82) is 5.26 Å². The molecule has 0 amide bonds. The zero-order valence-corrected chi connectivity index (χ0v) is 41.1. The summed E-state index contributed by atoms with van der Waals surface area (Å²) < 4.78 is 6.80. The molecule has 6 heteroatoms. The number of nitrogens with zero attached hydrogens (tertiary/aromatic N) is 6. The monoisotopic (exact) mass is 956 g/mol. The quantitative estimate of drug-likeness (QED) is 0.156. The SMILES string of the molecule is [C-]#[N+]c1cc(-n2c3ccc(N(c4ccccc4)c4ccccc4)cc3c3cc4c(cc32)C(C)(C)c2ccccc2-4)c(C#N)cc1-n1c2ccc(-n3c4ccccc4c4ccccc43)cc2c2c3ccccc3ccc21. The average molecular weight is 957 g/mol. The number of para-hydroxylation sites is 4. The number of aromatic nitrogens is 3. The summed E-state index contributed by atoms with van der Waals surface area (Å²) in [6, 6.07) is 84.4. The summed E-state index contributed by atoms with van der Waals surface area (Å²) in [5.41, 5.74) is 17.2. The van der Waals surface area contributed by atoms with Crippen molar-refractivity contribution in [3.63, 3.8) is 0 Å². The Balaban J connectivity index is 0.990. The van der Waals surface area contributed by atoms with Gasteiger partial charge in [-0.3, -0.25) is 0 Å². The number of hydrogen-bond acceptors (Lipinski definition) is 2. The van der Waals surface area contributed by atoms with Crippen molar-refractivity contribution in [3.05, 3.63) is 259 Å². The van der Waals surface area contributed by atoms with Gasteiger partial charge in [-0.05, 0) is 136 Å². The maximum Gasteiger partial charge on any atom is 0.212 e. The van der Waals surface area contributed by atoms with E-state index in [9.17, 15) is 5.26 Å². The fourth-order valence-electron chi connectivity index (χ4n) is 12.7. The van der Waals surface area contributed by atoms with Gasteiger partial charge in [0, 0.05) is 60.5 Å². The van der Waals surface area contributed by atoms with Gasteiger partial charge in [0.25, 0.3) is 0 Å². The molecule has 1 aliphatic carbocycles. The van der Waals surface area contributed by atoms with Crippen LogP contribution < -0.4 is 4.90 Å². The molecule has 0 radical (unpaired) electrons. The van der Waals surface area contributed by atoms with E-state index in [0.29, 0.717) is 22.6 Å². The van der Waals surface area contributed by atoms with Crippen LogP contribution in [-0.2, 0) is 5.41 Å². The number of rotatable bonds is 6. The molecule has 75 heavy (non-hydrogen) atoms. The molecule has 0 fully saturated rings. The second-order valence-corrected chi connectivity index (χ2v) is 20.3. The Labute approximate surface area is 432 Å². The standard InChI is InChI=1S/C69H44N6/c1-69(2)57-27-15-12-24-50(57)53-39-55-54-37-47(72(45-19-6-4-7-20-45)46-21-8-5-9-22-46)31-34-62(54)75(66(55)40-58(53)69)65-41-59(71-3)67(36-44(65)42-70)74-63-35-32-48(38-56(63)68-49-23-11-10-18-43(49)30-33-64(68)74)73-60-28-16-13-25-51(60)52-26-14-17-29-61(52)73/h4-41H,1-2H3. The molecule has 6 nitrogen and oxygen atoms in total. The molecule has 15 rings (SSSR count). The molecule has 3 aromatic heterocycles. The molecule has 0 atom stereocenters. The third-order valence-corrected chi connectivity index (χ3v) is 16.0. The zero-order valence-electron chi connectivity index (χ0n) is 41.1. The van der Waals surface area contributed by atoms with Crippen LogP contribution in [0.2, 0.25) is 0 Å². The normalized spacial score (nSPS) is 12.7. The van der Waals surface area contributed by atoms with Crippen LogP contribution in [0, 0.1) is 17.9 Å². The summed E-state index contributed by atoms with van der Waals surface area (Å²) in [5.74, 6) is 0. The van der Waals surface area contributed by atoms with Crippen molar-refractivity contribution < 1.29 is 0 Å². The van der Waals surface area contributed by atoms with E-state index in [-0.39, 0.29) is 5.41 Å². The molecule has 0 saturated carbocycles. The molecule has 1 aliphatic rings. The van der Waals surface area contributed by atoms with E-state index in [1.165, 1.54) is 33.0 Å². The summed E-state index contributed by atoms with van der Waals surface area (Å²) in [4.78, 5) is 6.64. The minimum atomic E-state index is -0.268. The largest absolute Gasteiger partial charge is 0.319 e. The van der Waals surface area contributed by atoms with Gasteiger partial charge in [0.05, 0.1) is 56.6 Å². The zero-order chi connectivity index (χ0) is 50.1. The summed E-state index contributed by atoms with van der Waals surface area (Å²) in [7, 11) is 0. The van der Waals surface area contributed by atoms with E-state index in [2.05, 4.69) is 250 Å². The molecule has 0 bridgehead atoms. The molecule has 3 heterocycles. The fraction of sp³-hybridized carbons (Fsp3) is 0.0435. The Morgan fingerprint density at radius 2 is 1.01 bits per heavy atom. The molecule has 350 valence electrons. The molecular formula is C69H44N6. The van der Waals surface area contributed by atoms with Gasteiger partial charge in [-0.25, -0.2) is 4.85 Å². The Kier molecular flexibility index (Phi) is 9.03. The topological polar surface area (TPSA) is 46.2 Å². The third kappa shape index (κ3) is 6.06. The molecule has 14 aromatic rings. The smallest absolute Gasteiger partial charge is 0.212 e. The van der Waals surface area contributed by atoms with Crippen molar-refractivity contribution >= 4 is 98.9 Å². The second-order valence-electron chi connectivity index (χ2n) is 20.3. The van der Waals surface area contributed by atoms with Gasteiger partial charge in [0.2, 0.25) is 5.69 Å². The molecule has 0 unspecified atom stereocenters. The van der Waals surface area contributed by atoms with E-state index in [4.69, 9.17) is 6.57 Å². The average Bonchev–Trinajstić information content (AvgIpc) is 4.16.